The summed E-state index contributed by atoms with van der Waals surface area (Å²) in [6.07, 6.45) is 0.108. The number of hydrogen-bond donors (Lipinski definition) is 2. The minimum atomic E-state index is -0.205. The summed E-state index contributed by atoms with van der Waals surface area (Å²) in [7, 11) is 0. The molecule has 1 atom stereocenters. The number of benzene rings is 1. The van der Waals surface area contributed by atoms with E-state index in [9.17, 15) is 10.2 Å². The van der Waals surface area contributed by atoms with E-state index in [0.29, 0.717) is 17.3 Å². The van der Waals surface area contributed by atoms with Gasteiger partial charge in [0.15, 0.2) is 0 Å². The van der Waals surface area contributed by atoms with Crippen molar-refractivity contribution >= 4 is 16.3 Å². The Morgan fingerprint density at radius 2 is 1.96 bits per heavy atom. The van der Waals surface area contributed by atoms with Crippen LogP contribution in [0, 0.1) is 6.92 Å². The molecule has 0 amide bonds. The van der Waals surface area contributed by atoms with Gasteiger partial charge < -0.3 is 14.9 Å². The van der Waals surface area contributed by atoms with E-state index in [-0.39, 0.29) is 24.6 Å². The van der Waals surface area contributed by atoms with E-state index in [1.807, 2.05) is 45.0 Å². The monoisotopic (exact) mass is 390 g/mol. The average Bonchev–Trinajstić information content (AvgIpc) is 3.13. The van der Waals surface area contributed by atoms with E-state index in [1.54, 1.807) is 6.92 Å². The van der Waals surface area contributed by atoms with Crippen molar-refractivity contribution in [3.63, 3.8) is 0 Å². The Morgan fingerprint density at radius 1 is 1.26 bits per heavy atom. The fourth-order valence-electron chi connectivity index (χ4n) is 3.15. The molecule has 0 radical (unpaired) electrons. The molecule has 2 N–H and O–H groups in total. The highest BCUT2D eigenvalue weighted by molar-refractivity contribution is 7.17. The minimum Gasteiger partial charge on any atom is -0.492 e. The maximum absolute atomic E-state index is 10.8. The number of likely N-dealkylation sites (N-methyl/N-ethyl adjacent to an activating group) is 1. The van der Waals surface area contributed by atoms with E-state index >= 15 is 0 Å². The van der Waals surface area contributed by atoms with Gasteiger partial charge in [0.25, 0.3) is 0 Å². The first-order chi connectivity index (χ1) is 12.9. The molecular formula is C19H26N4O3S. The molecule has 0 aliphatic rings. The maximum atomic E-state index is 10.8. The van der Waals surface area contributed by atoms with Gasteiger partial charge in [0.1, 0.15) is 11.6 Å². The van der Waals surface area contributed by atoms with Crippen LogP contribution in [0.25, 0.3) is 4.96 Å². The summed E-state index contributed by atoms with van der Waals surface area (Å²) >= 11 is 1.42. The molecule has 146 valence electrons. The van der Waals surface area contributed by atoms with E-state index in [1.165, 1.54) is 15.9 Å². The first kappa shape index (κ1) is 19.6. The van der Waals surface area contributed by atoms with Gasteiger partial charge in [-0.25, -0.2) is 4.98 Å². The molecule has 0 spiro atoms. The highest BCUT2D eigenvalue weighted by atomic mass is 32.1. The highest BCUT2D eigenvalue weighted by Crippen LogP contribution is 2.40. The number of ether oxygens (including phenoxy) is 1. The fourth-order valence-corrected chi connectivity index (χ4v) is 4.32. The van der Waals surface area contributed by atoms with E-state index in [2.05, 4.69) is 15.0 Å². The number of aromatic hydroxyl groups is 1. The first-order valence-electron chi connectivity index (χ1n) is 9.11. The van der Waals surface area contributed by atoms with Crippen molar-refractivity contribution in [3.8, 4) is 11.6 Å². The zero-order valence-corrected chi connectivity index (χ0v) is 16.9. The lowest BCUT2D eigenvalue weighted by Crippen LogP contribution is -2.31. The Hall–Kier alpha value is -2.16. The lowest BCUT2D eigenvalue weighted by Gasteiger charge is -2.30. The van der Waals surface area contributed by atoms with E-state index < -0.39 is 0 Å². The molecule has 1 aromatic carbocycles. The van der Waals surface area contributed by atoms with Gasteiger partial charge in [-0.05, 0) is 45.0 Å². The number of aromatic nitrogens is 3. The molecule has 2 heterocycles. The number of thiazole rings is 1. The van der Waals surface area contributed by atoms with Crippen LogP contribution in [0.2, 0.25) is 0 Å². The van der Waals surface area contributed by atoms with E-state index in [0.717, 1.165) is 22.7 Å². The van der Waals surface area contributed by atoms with Crippen molar-refractivity contribution in [2.45, 2.75) is 39.8 Å². The third-order valence-electron chi connectivity index (χ3n) is 4.28. The first-order valence-corrected chi connectivity index (χ1v) is 9.92. The summed E-state index contributed by atoms with van der Waals surface area (Å²) < 4.78 is 7.21. The molecule has 0 saturated heterocycles. The van der Waals surface area contributed by atoms with Crippen molar-refractivity contribution in [3.05, 3.63) is 40.5 Å². The third kappa shape index (κ3) is 4.07. The van der Waals surface area contributed by atoms with Gasteiger partial charge in [-0.3, -0.25) is 4.90 Å². The summed E-state index contributed by atoms with van der Waals surface area (Å²) in [6.45, 7) is 9.08. The molecule has 0 fully saturated rings. The van der Waals surface area contributed by atoms with Crippen LogP contribution in [-0.4, -0.2) is 55.5 Å². The number of aliphatic hydroxyl groups excluding tert-OH is 1. The lowest BCUT2D eigenvalue weighted by atomic mass is 10.0. The summed E-state index contributed by atoms with van der Waals surface area (Å²) in [5.41, 5.74) is 1.01. The number of aryl methyl sites for hydroxylation is 1. The lowest BCUT2D eigenvalue weighted by molar-refractivity contribution is 0.174. The molecule has 2 aromatic heterocycles. The molecule has 0 saturated carbocycles. The highest BCUT2D eigenvalue weighted by Gasteiger charge is 2.28. The normalized spacial score (nSPS) is 13.0. The third-order valence-corrected chi connectivity index (χ3v) is 5.35. The van der Waals surface area contributed by atoms with Gasteiger partial charge in [0.05, 0.1) is 23.6 Å². The maximum Gasteiger partial charge on any atom is 0.230 e. The summed E-state index contributed by atoms with van der Waals surface area (Å²) in [5.74, 6) is 1.53. The molecule has 1 unspecified atom stereocenters. The van der Waals surface area contributed by atoms with Crippen molar-refractivity contribution in [2.75, 3.05) is 19.7 Å². The smallest absolute Gasteiger partial charge is 0.230 e. The van der Waals surface area contributed by atoms with Crippen molar-refractivity contribution < 1.29 is 14.9 Å². The minimum absolute atomic E-state index is 0.0412. The van der Waals surface area contributed by atoms with Crippen LogP contribution in [-0.2, 0) is 0 Å². The van der Waals surface area contributed by atoms with Crippen LogP contribution >= 0.6 is 11.3 Å². The van der Waals surface area contributed by atoms with Crippen LogP contribution in [0.5, 0.6) is 11.6 Å². The molecule has 7 nitrogen and oxygen atoms in total. The molecule has 3 aromatic rings. The summed E-state index contributed by atoms with van der Waals surface area (Å²) in [6, 6.07) is 7.68. The van der Waals surface area contributed by atoms with Gasteiger partial charge in [0.2, 0.25) is 10.8 Å². The predicted molar refractivity (Wildman–Crippen MR) is 106 cm³/mol. The molecule has 3 rings (SSSR count). The van der Waals surface area contributed by atoms with Gasteiger partial charge in [0, 0.05) is 6.54 Å². The van der Waals surface area contributed by atoms with Crippen LogP contribution in [0.15, 0.2) is 24.3 Å². The zero-order valence-electron chi connectivity index (χ0n) is 16.1. The van der Waals surface area contributed by atoms with E-state index in [4.69, 9.17) is 4.74 Å². The van der Waals surface area contributed by atoms with Crippen molar-refractivity contribution in [2.24, 2.45) is 0 Å². The largest absolute Gasteiger partial charge is 0.492 e. The van der Waals surface area contributed by atoms with Gasteiger partial charge >= 0.3 is 0 Å². The van der Waals surface area contributed by atoms with Gasteiger partial charge in [-0.15, -0.1) is 5.10 Å². The molecule has 0 aliphatic carbocycles. The Kier molecular flexibility index (Phi) is 5.98. The topological polar surface area (TPSA) is 83.1 Å². The van der Waals surface area contributed by atoms with Crippen LogP contribution in [0.1, 0.15) is 43.1 Å². The number of fused-ring (bicyclic) bond motifs is 1. The Bertz CT molecular complexity index is 888. The molecule has 27 heavy (non-hydrogen) atoms. The second-order valence-corrected chi connectivity index (χ2v) is 7.64. The molecular weight excluding hydrogens is 364 g/mol. The molecule has 8 heteroatoms. The number of rotatable bonds is 8. The van der Waals surface area contributed by atoms with Crippen LogP contribution in [0.4, 0.5) is 0 Å². The fraction of sp³-hybridized carbons (Fsp3) is 0.474. The molecule has 0 bridgehead atoms. The second kappa shape index (κ2) is 8.24. The quantitative estimate of drug-likeness (QED) is 0.615. The Balaban J connectivity index is 2.04. The zero-order chi connectivity index (χ0) is 19.6. The summed E-state index contributed by atoms with van der Waals surface area (Å²) in [5, 5.41) is 24.6. The van der Waals surface area contributed by atoms with Gasteiger partial charge in [-0.1, -0.05) is 30.4 Å². The summed E-state index contributed by atoms with van der Waals surface area (Å²) in [4.78, 5) is 7.91. The van der Waals surface area contributed by atoms with Crippen LogP contribution < -0.4 is 4.74 Å². The Morgan fingerprint density at radius 3 is 2.52 bits per heavy atom. The van der Waals surface area contributed by atoms with Crippen molar-refractivity contribution in [1.29, 1.82) is 0 Å². The van der Waals surface area contributed by atoms with Crippen LogP contribution in [0.3, 0.4) is 0 Å². The number of hydrogen-bond acceptors (Lipinski definition) is 7. The van der Waals surface area contributed by atoms with Gasteiger partial charge in [-0.2, -0.15) is 4.52 Å². The SMILES string of the molecule is CCN(CCO)C(c1ccc(OC(C)C)cc1)c1sc2nc(C)nn2c1O. The number of aliphatic hydroxyl groups is 1. The Labute approximate surface area is 162 Å². The average molecular weight is 391 g/mol. The molecule has 0 aliphatic heterocycles. The number of nitrogens with zero attached hydrogens (tertiary/aromatic N) is 4. The second-order valence-electron chi connectivity index (χ2n) is 6.63. The standard InChI is InChI=1S/C19H26N4O3S/c1-5-22(10-11-24)16(14-6-8-15(9-7-14)26-12(2)3)17-18(25)23-19(27-17)20-13(4)21-23/h6-9,12,16,24-25H,5,10-11H2,1-4H3. The van der Waals surface area contributed by atoms with Crippen molar-refractivity contribution in [1.82, 2.24) is 19.5 Å². The predicted octanol–water partition coefficient (Wildman–Crippen LogP) is 3.00.